The number of pyridine rings is 1. The highest BCUT2D eigenvalue weighted by Crippen LogP contribution is 2.35. The number of carbonyl (C=O) groups is 1. The van der Waals surface area contributed by atoms with Gasteiger partial charge in [0.05, 0.1) is 6.61 Å². The second-order valence-corrected chi connectivity index (χ2v) is 6.51. The molecule has 3 N–H and O–H groups in total. The molecule has 0 unspecified atom stereocenters. The van der Waals surface area contributed by atoms with E-state index in [0.717, 1.165) is 26.1 Å². The number of hydrogen-bond donors (Lipinski definition) is 3. The van der Waals surface area contributed by atoms with Gasteiger partial charge in [-0.3, -0.25) is 0 Å². The van der Waals surface area contributed by atoms with Crippen molar-refractivity contribution in [1.82, 2.24) is 10.3 Å². The maximum absolute atomic E-state index is 10.7. The summed E-state index contributed by atoms with van der Waals surface area (Å²) in [7, 11) is 0. The third-order valence-corrected chi connectivity index (χ3v) is 4.77. The summed E-state index contributed by atoms with van der Waals surface area (Å²) in [4.78, 5) is 16.0. The number of carboxylic acid groups (broad SMARTS) is 1. The first-order valence-corrected chi connectivity index (χ1v) is 8.10. The molecule has 0 saturated heterocycles. The van der Waals surface area contributed by atoms with Crippen molar-refractivity contribution in [3.8, 4) is 0 Å². The molecule has 0 bridgehead atoms. The fourth-order valence-corrected chi connectivity index (χ4v) is 3.65. The number of halogens is 1. The lowest BCUT2D eigenvalue weighted by atomic mass is 10.1. The first-order chi connectivity index (χ1) is 10.5. The molecule has 5 nitrogen and oxygen atoms in total. The molecule has 116 valence electrons. The average molecular weight is 383 g/mol. The Hall–Kier alpha value is -1.57. The van der Waals surface area contributed by atoms with Crippen LogP contribution in [0.4, 0.5) is 4.79 Å². The van der Waals surface area contributed by atoms with E-state index in [2.05, 4.69) is 26.2 Å². The number of nitrogens with zero attached hydrogens (tertiary/aromatic N) is 1. The van der Waals surface area contributed by atoms with Crippen LogP contribution >= 0.6 is 27.7 Å². The van der Waals surface area contributed by atoms with E-state index in [1.807, 2.05) is 25.1 Å². The van der Waals surface area contributed by atoms with Crippen molar-refractivity contribution < 1.29 is 15.0 Å². The smallest absolute Gasteiger partial charge is 0.404 e. The van der Waals surface area contributed by atoms with E-state index in [0.29, 0.717) is 5.03 Å². The first kappa shape index (κ1) is 16.8. The molecule has 0 atom stereocenters. The van der Waals surface area contributed by atoms with E-state index in [1.165, 1.54) is 11.8 Å². The Labute approximate surface area is 140 Å². The zero-order valence-corrected chi connectivity index (χ0v) is 14.2. The number of aliphatic hydroxyl groups is 1. The van der Waals surface area contributed by atoms with Gasteiger partial charge in [0.1, 0.15) is 5.03 Å². The van der Waals surface area contributed by atoms with E-state index >= 15 is 0 Å². The van der Waals surface area contributed by atoms with E-state index in [-0.39, 0.29) is 13.2 Å². The Morgan fingerprint density at radius 2 is 2.18 bits per heavy atom. The lowest BCUT2D eigenvalue weighted by Crippen LogP contribution is -2.20. The van der Waals surface area contributed by atoms with Crippen LogP contribution in [0.2, 0.25) is 0 Å². The maximum Gasteiger partial charge on any atom is 0.404 e. The monoisotopic (exact) mass is 382 g/mol. The van der Waals surface area contributed by atoms with E-state index in [9.17, 15) is 9.90 Å². The van der Waals surface area contributed by atoms with Gasteiger partial charge in [0.25, 0.3) is 0 Å². The minimum Gasteiger partial charge on any atom is -0.465 e. The number of amides is 1. The molecule has 1 amide bonds. The van der Waals surface area contributed by atoms with Gasteiger partial charge >= 0.3 is 6.09 Å². The average Bonchev–Trinajstić information content (AvgIpc) is 2.48. The number of aryl methyl sites for hydroxylation is 1. The van der Waals surface area contributed by atoms with Gasteiger partial charge in [-0.15, -0.1) is 0 Å². The lowest BCUT2D eigenvalue weighted by Gasteiger charge is -2.14. The van der Waals surface area contributed by atoms with Crippen LogP contribution in [-0.2, 0) is 13.2 Å². The minimum absolute atomic E-state index is 0.0888. The molecular weight excluding hydrogens is 368 g/mol. The quantitative estimate of drug-likeness (QED) is 0.736. The summed E-state index contributed by atoms with van der Waals surface area (Å²) in [5.41, 5.74) is 2.61. The van der Waals surface area contributed by atoms with Gasteiger partial charge in [0, 0.05) is 27.7 Å². The molecule has 1 aromatic heterocycles. The standard InChI is InChI=1S/C15H15BrN2O3S/c1-9-5-12(16)6-11(7-18-15(20)21)13(9)22-14-10(8-19)3-2-4-17-14/h2-6,18-19H,7-8H2,1H3,(H,20,21). The number of aliphatic hydroxyl groups excluding tert-OH is 1. The Balaban J connectivity index is 2.38. The van der Waals surface area contributed by atoms with Crippen molar-refractivity contribution in [3.05, 3.63) is 51.6 Å². The summed E-state index contributed by atoms with van der Waals surface area (Å²) in [6.45, 7) is 2.08. The molecule has 0 spiro atoms. The molecule has 2 rings (SSSR count). The summed E-state index contributed by atoms with van der Waals surface area (Å²) < 4.78 is 0.889. The Morgan fingerprint density at radius 3 is 2.86 bits per heavy atom. The third kappa shape index (κ3) is 4.22. The molecule has 22 heavy (non-hydrogen) atoms. The predicted molar refractivity (Wildman–Crippen MR) is 88.0 cm³/mol. The van der Waals surface area contributed by atoms with Crippen molar-refractivity contribution in [2.75, 3.05) is 0 Å². The highest BCUT2D eigenvalue weighted by atomic mass is 79.9. The summed E-state index contributed by atoms with van der Waals surface area (Å²) in [5, 5.41) is 21.3. The Morgan fingerprint density at radius 1 is 1.41 bits per heavy atom. The summed E-state index contributed by atoms with van der Waals surface area (Å²) in [5.74, 6) is 0. The topological polar surface area (TPSA) is 82.5 Å². The highest BCUT2D eigenvalue weighted by Gasteiger charge is 2.13. The van der Waals surface area contributed by atoms with Gasteiger partial charge in [-0.05, 0) is 36.2 Å². The summed E-state index contributed by atoms with van der Waals surface area (Å²) in [6, 6.07) is 7.44. The minimum atomic E-state index is -1.07. The largest absolute Gasteiger partial charge is 0.465 e. The van der Waals surface area contributed by atoms with Gasteiger partial charge in [0.2, 0.25) is 0 Å². The third-order valence-electron chi connectivity index (χ3n) is 2.97. The van der Waals surface area contributed by atoms with Gasteiger partial charge in [-0.2, -0.15) is 0 Å². The van der Waals surface area contributed by atoms with Crippen LogP contribution in [0, 0.1) is 6.92 Å². The molecule has 0 aliphatic carbocycles. The first-order valence-electron chi connectivity index (χ1n) is 6.49. The molecule has 1 heterocycles. The van der Waals surface area contributed by atoms with Crippen molar-refractivity contribution in [2.45, 2.75) is 30.0 Å². The van der Waals surface area contributed by atoms with E-state index in [1.54, 1.807) is 12.3 Å². The molecular formula is C15H15BrN2O3S. The zero-order chi connectivity index (χ0) is 16.1. The fourth-order valence-electron chi connectivity index (χ4n) is 1.98. The second-order valence-electron chi connectivity index (χ2n) is 4.60. The fraction of sp³-hybridized carbons (Fsp3) is 0.200. The SMILES string of the molecule is Cc1cc(Br)cc(CNC(=O)O)c1Sc1ncccc1CO. The maximum atomic E-state index is 10.7. The lowest BCUT2D eigenvalue weighted by molar-refractivity contribution is 0.194. The normalized spacial score (nSPS) is 10.5. The molecule has 0 aliphatic rings. The van der Waals surface area contributed by atoms with Crippen molar-refractivity contribution in [1.29, 1.82) is 0 Å². The predicted octanol–water partition coefficient (Wildman–Crippen LogP) is 3.56. The van der Waals surface area contributed by atoms with Crippen molar-refractivity contribution in [3.63, 3.8) is 0 Å². The highest BCUT2D eigenvalue weighted by molar-refractivity contribution is 9.10. The molecule has 0 aliphatic heterocycles. The second kappa shape index (κ2) is 7.62. The molecule has 0 saturated carbocycles. The van der Waals surface area contributed by atoms with Crippen LogP contribution < -0.4 is 5.32 Å². The van der Waals surface area contributed by atoms with Gasteiger partial charge in [0.15, 0.2) is 0 Å². The van der Waals surface area contributed by atoms with Crippen LogP contribution in [0.25, 0.3) is 0 Å². The molecule has 0 fully saturated rings. The van der Waals surface area contributed by atoms with E-state index < -0.39 is 6.09 Å². The molecule has 0 radical (unpaired) electrons. The van der Waals surface area contributed by atoms with Crippen LogP contribution in [0.3, 0.4) is 0 Å². The Bertz CT molecular complexity index is 694. The Kier molecular flexibility index (Phi) is 5.82. The van der Waals surface area contributed by atoms with Crippen molar-refractivity contribution in [2.24, 2.45) is 0 Å². The van der Waals surface area contributed by atoms with Crippen LogP contribution in [0.5, 0.6) is 0 Å². The van der Waals surface area contributed by atoms with Gasteiger partial charge in [-0.25, -0.2) is 9.78 Å². The number of benzene rings is 1. The number of nitrogens with one attached hydrogen (secondary N) is 1. The molecule has 7 heteroatoms. The van der Waals surface area contributed by atoms with Crippen LogP contribution in [0.15, 0.2) is 44.9 Å². The summed E-state index contributed by atoms with van der Waals surface area (Å²) >= 11 is 4.86. The number of aromatic nitrogens is 1. The van der Waals surface area contributed by atoms with Crippen LogP contribution in [-0.4, -0.2) is 21.3 Å². The molecule has 2 aromatic rings. The number of hydrogen-bond acceptors (Lipinski definition) is 4. The van der Waals surface area contributed by atoms with Gasteiger partial charge in [-0.1, -0.05) is 33.8 Å². The molecule has 1 aromatic carbocycles. The number of rotatable bonds is 5. The van der Waals surface area contributed by atoms with E-state index in [4.69, 9.17) is 5.11 Å². The van der Waals surface area contributed by atoms with Crippen LogP contribution in [0.1, 0.15) is 16.7 Å². The zero-order valence-electron chi connectivity index (χ0n) is 11.8. The van der Waals surface area contributed by atoms with Gasteiger partial charge < -0.3 is 15.5 Å². The van der Waals surface area contributed by atoms with Crippen molar-refractivity contribution >= 4 is 33.8 Å². The summed E-state index contributed by atoms with van der Waals surface area (Å²) in [6.07, 6.45) is 0.604.